The predicted octanol–water partition coefficient (Wildman–Crippen LogP) is 5.12. The standard InChI is InChI=1S/C31H26FN3O3S/c32-24-13-10-22(11-14-24)21-35-27-20-23(12-15-29(27)39(38)28-9-5-4-8-26(28)31(35)37)30(36)34-18-16-33(17-19-34)25-6-2-1-3-7-25/h1-15,20H,16-19,21H2/t39-/m1/s1. The SMILES string of the molecule is O=C(c1ccc2c(c1)N(Cc1ccc(F)cc1)C(=O)c1ccccc1[S@]2=O)N1CCN(c2ccccc2)CC1. The van der Waals surface area contributed by atoms with Crippen LogP contribution < -0.4 is 9.80 Å². The number of piperazine rings is 1. The van der Waals surface area contributed by atoms with Crippen LogP contribution in [0.3, 0.4) is 0 Å². The summed E-state index contributed by atoms with van der Waals surface area (Å²) in [5, 5.41) is 0. The number of hydrogen-bond donors (Lipinski definition) is 0. The van der Waals surface area contributed by atoms with E-state index in [0.29, 0.717) is 39.7 Å². The van der Waals surface area contributed by atoms with Crippen LogP contribution in [-0.2, 0) is 17.3 Å². The number of nitrogens with zero attached hydrogens (tertiary/aromatic N) is 3. The molecule has 1 saturated heterocycles. The molecule has 6 nitrogen and oxygen atoms in total. The zero-order chi connectivity index (χ0) is 26.9. The van der Waals surface area contributed by atoms with Gasteiger partial charge in [-0.15, -0.1) is 0 Å². The van der Waals surface area contributed by atoms with Crippen LogP contribution in [-0.4, -0.2) is 47.1 Å². The Balaban J connectivity index is 1.33. The van der Waals surface area contributed by atoms with Crippen LogP contribution in [0, 0.1) is 5.82 Å². The summed E-state index contributed by atoms with van der Waals surface area (Å²) in [7, 11) is -1.62. The van der Waals surface area contributed by atoms with Gasteiger partial charge in [-0.25, -0.2) is 8.60 Å². The van der Waals surface area contributed by atoms with Crippen molar-refractivity contribution < 1.29 is 18.2 Å². The monoisotopic (exact) mass is 539 g/mol. The smallest absolute Gasteiger partial charge is 0.259 e. The van der Waals surface area contributed by atoms with Gasteiger partial charge in [0.25, 0.3) is 11.8 Å². The molecule has 2 aliphatic rings. The Morgan fingerprint density at radius 2 is 1.49 bits per heavy atom. The van der Waals surface area contributed by atoms with E-state index in [1.807, 2.05) is 23.1 Å². The minimum atomic E-state index is -1.62. The molecule has 2 heterocycles. The molecule has 0 unspecified atom stereocenters. The highest BCUT2D eigenvalue weighted by atomic mass is 32.2. The van der Waals surface area contributed by atoms with E-state index in [2.05, 4.69) is 17.0 Å². The Morgan fingerprint density at radius 1 is 0.795 bits per heavy atom. The molecular formula is C31H26FN3O3S. The Kier molecular flexibility index (Phi) is 6.70. The quantitative estimate of drug-likeness (QED) is 0.362. The van der Waals surface area contributed by atoms with Crippen molar-refractivity contribution in [3.63, 3.8) is 0 Å². The summed E-state index contributed by atoms with van der Waals surface area (Å²) in [5.74, 6) is -0.816. The molecule has 196 valence electrons. The molecule has 1 fully saturated rings. The molecule has 0 saturated carbocycles. The fourth-order valence-electron chi connectivity index (χ4n) is 5.11. The number of fused-ring (bicyclic) bond motifs is 2. The molecule has 39 heavy (non-hydrogen) atoms. The summed E-state index contributed by atoms with van der Waals surface area (Å²) in [6, 6.07) is 28.0. The predicted molar refractivity (Wildman–Crippen MR) is 149 cm³/mol. The number of hydrogen-bond acceptors (Lipinski definition) is 4. The normalized spacial score (nSPS) is 16.9. The number of carbonyl (C=O) groups is 2. The summed E-state index contributed by atoms with van der Waals surface area (Å²) >= 11 is 0. The largest absolute Gasteiger partial charge is 0.368 e. The van der Waals surface area contributed by atoms with E-state index in [0.717, 1.165) is 24.3 Å². The molecule has 6 rings (SSSR count). The summed E-state index contributed by atoms with van der Waals surface area (Å²) in [6.45, 7) is 2.72. The topological polar surface area (TPSA) is 60.9 Å². The minimum Gasteiger partial charge on any atom is -0.368 e. The number of amides is 2. The van der Waals surface area contributed by atoms with Crippen LogP contribution in [0.4, 0.5) is 15.8 Å². The van der Waals surface area contributed by atoms with Crippen molar-refractivity contribution in [1.82, 2.24) is 4.90 Å². The Labute approximate surface area is 228 Å². The van der Waals surface area contributed by atoms with E-state index in [9.17, 15) is 18.2 Å². The molecule has 8 heteroatoms. The lowest BCUT2D eigenvalue weighted by molar-refractivity contribution is 0.0746. The van der Waals surface area contributed by atoms with Crippen molar-refractivity contribution in [3.05, 3.63) is 120 Å². The highest BCUT2D eigenvalue weighted by molar-refractivity contribution is 7.85. The van der Waals surface area contributed by atoms with E-state index in [4.69, 9.17) is 0 Å². The zero-order valence-electron chi connectivity index (χ0n) is 21.1. The van der Waals surface area contributed by atoms with Gasteiger partial charge in [-0.05, 0) is 60.2 Å². The van der Waals surface area contributed by atoms with Crippen molar-refractivity contribution in [2.45, 2.75) is 16.3 Å². The number of benzene rings is 4. The lowest BCUT2D eigenvalue weighted by Gasteiger charge is -2.36. The lowest BCUT2D eigenvalue weighted by Crippen LogP contribution is -2.48. The maximum atomic E-state index is 13.8. The summed E-state index contributed by atoms with van der Waals surface area (Å²) < 4.78 is 27.2. The third kappa shape index (κ3) is 4.83. The number of para-hydroxylation sites is 1. The summed E-state index contributed by atoms with van der Waals surface area (Å²) in [6.07, 6.45) is 0. The number of halogens is 1. The van der Waals surface area contributed by atoms with E-state index in [-0.39, 0.29) is 24.2 Å². The molecule has 0 spiro atoms. The molecular weight excluding hydrogens is 513 g/mol. The zero-order valence-corrected chi connectivity index (χ0v) is 21.9. The van der Waals surface area contributed by atoms with E-state index < -0.39 is 10.8 Å². The van der Waals surface area contributed by atoms with Gasteiger partial charge in [0.05, 0.1) is 38.4 Å². The van der Waals surface area contributed by atoms with Crippen LogP contribution in [0.1, 0.15) is 26.3 Å². The van der Waals surface area contributed by atoms with Gasteiger partial charge in [-0.3, -0.25) is 9.59 Å². The van der Waals surface area contributed by atoms with Gasteiger partial charge in [0.1, 0.15) is 5.82 Å². The first-order valence-electron chi connectivity index (χ1n) is 12.8. The van der Waals surface area contributed by atoms with Gasteiger partial charge in [0, 0.05) is 37.4 Å². The fraction of sp³-hybridized carbons (Fsp3) is 0.161. The number of rotatable bonds is 4. The van der Waals surface area contributed by atoms with Crippen LogP contribution in [0.5, 0.6) is 0 Å². The molecule has 0 radical (unpaired) electrons. The Bertz CT molecular complexity index is 1570. The maximum absolute atomic E-state index is 13.8. The Hall–Kier alpha value is -4.30. The van der Waals surface area contributed by atoms with Gasteiger partial charge >= 0.3 is 0 Å². The third-order valence-corrected chi connectivity index (χ3v) is 8.70. The van der Waals surface area contributed by atoms with Crippen LogP contribution in [0.2, 0.25) is 0 Å². The van der Waals surface area contributed by atoms with E-state index >= 15 is 0 Å². The molecule has 4 aromatic rings. The molecule has 0 aliphatic carbocycles. The summed E-state index contributed by atoms with van der Waals surface area (Å²) in [5.41, 5.74) is 3.05. The van der Waals surface area contributed by atoms with Gasteiger partial charge < -0.3 is 14.7 Å². The van der Waals surface area contributed by atoms with Crippen LogP contribution in [0.15, 0.2) is 107 Å². The molecule has 4 aromatic carbocycles. The van der Waals surface area contributed by atoms with Crippen molar-refractivity contribution in [3.8, 4) is 0 Å². The highest BCUT2D eigenvalue weighted by Gasteiger charge is 2.32. The van der Waals surface area contributed by atoms with E-state index in [1.165, 1.54) is 17.0 Å². The van der Waals surface area contributed by atoms with Crippen molar-refractivity contribution >= 4 is 34.0 Å². The fourth-order valence-corrected chi connectivity index (χ4v) is 6.46. The van der Waals surface area contributed by atoms with Gasteiger partial charge in [-0.2, -0.15) is 0 Å². The van der Waals surface area contributed by atoms with Crippen molar-refractivity contribution in [2.75, 3.05) is 36.0 Å². The van der Waals surface area contributed by atoms with Gasteiger partial charge in [0.2, 0.25) is 0 Å². The van der Waals surface area contributed by atoms with Crippen molar-refractivity contribution in [1.29, 1.82) is 0 Å². The van der Waals surface area contributed by atoms with Crippen LogP contribution >= 0.6 is 0 Å². The first-order valence-corrected chi connectivity index (χ1v) is 13.9. The second kappa shape index (κ2) is 10.5. The van der Waals surface area contributed by atoms with Gasteiger partial charge in [-0.1, -0.05) is 42.5 Å². The second-order valence-electron chi connectivity index (χ2n) is 9.58. The first-order chi connectivity index (χ1) is 19.0. The van der Waals surface area contributed by atoms with Crippen molar-refractivity contribution in [2.24, 2.45) is 0 Å². The first kappa shape index (κ1) is 25.0. The maximum Gasteiger partial charge on any atom is 0.259 e. The number of carbonyl (C=O) groups excluding carboxylic acids is 2. The molecule has 0 bridgehead atoms. The van der Waals surface area contributed by atoms with E-state index in [1.54, 1.807) is 54.6 Å². The van der Waals surface area contributed by atoms with Gasteiger partial charge in [0.15, 0.2) is 0 Å². The minimum absolute atomic E-state index is 0.132. The lowest BCUT2D eigenvalue weighted by atomic mass is 10.1. The summed E-state index contributed by atoms with van der Waals surface area (Å²) in [4.78, 5) is 33.9. The molecule has 2 amide bonds. The third-order valence-electron chi connectivity index (χ3n) is 7.20. The molecule has 2 aliphatic heterocycles. The Morgan fingerprint density at radius 3 is 2.23 bits per heavy atom. The van der Waals surface area contributed by atoms with Crippen LogP contribution in [0.25, 0.3) is 0 Å². The number of anilines is 2. The highest BCUT2D eigenvalue weighted by Crippen LogP contribution is 2.36. The average Bonchev–Trinajstić information content (AvgIpc) is 3.07. The molecule has 0 N–H and O–H groups in total. The average molecular weight is 540 g/mol. The second-order valence-corrected chi connectivity index (χ2v) is 11.0. The molecule has 1 atom stereocenters. The molecule has 0 aromatic heterocycles.